The Hall–Kier alpha value is -2.01. The van der Waals surface area contributed by atoms with Crippen molar-refractivity contribution in [3.05, 3.63) is 35.2 Å². The van der Waals surface area contributed by atoms with Crippen molar-refractivity contribution in [1.82, 2.24) is 14.9 Å². The van der Waals surface area contributed by atoms with Crippen LogP contribution in [0.15, 0.2) is 18.2 Å². The second-order valence-electron chi connectivity index (χ2n) is 5.53. The zero-order chi connectivity index (χ0) is 15.0. The third-order valence-corrected chi connectivity index (χ3v) is 3.85. The van der Waals surface area contributed by atoms with Gasteiger partial charge in [0.2, 0.25) is 0 Å². The van der Waals surface area contributed by atoms with E-state index < -0.39 is 0 Å². The van der Waals surface area contributed by atoms with Crippen LogP contribution in [-0.2, 0) is 4.74 Å². The van der Waals surface area contributed by atoms with Crippen LogP contribution in [0, 0.1) is 13.8 Å². The monoisotopic (exact) mass is 285 g/mol. The molecule has 1 aromatic heterocycles. The van der Waals surface area contributed by atoms with Gasteiger partial charge in [-0.2, -0.15) is 0 Å². The maximum absolute atomic E-state index is 12.6. The molecule has 5 nitrogen and oxygen atoms in total. The van der Waals surface area contributed by atoms with Gasteiger partial charge in [0, 0.05) is 18.7 Å². The third-order valence-electron chi connectivity index (χ3n) is 3.85. The van der Waals surface area contributed by atoms with Gasteiger partial charge in [0.1, 0.15) is 0 Å². The van der Waals surface area contributed by atoms with E-state index in [9.17, 15) is 4.79 Å². The van der Waals surface area contributed by atoms with Gasteiger partial charge in [-0.05, 0) is 39.0 Å². The average Bonchev–Trinajstić information content (AvgIpc) is 2.47. The molecule has 0 aliphatic carbocycles. The number of fused-ring (bicyclic) bond motifs is 1. The standard InChI is InChI=1S/C16H19N3O2/c1-10-9-19(6-7-21-10)16(20)13-4-5-14-15(8-13)18-12(3)11(2)17-14/h4-5,8,10H,6-7,9H2,1-3H3/t10-/m1/s1. The number of amides is 1. The largest absolute Gasteiger partial charge is 0.375 e. The molecule has 1 saturated heterocycles. The van der Waals surface area contributed by atoms with Crippen LogP contribution >= 0.6 is 0 Å². The molecule has 1 fully saturated rings. The molecule has 110 valence electrons. The molecule has 21 heavy (non-hydrogen) atoms. The summed E-state index contributed by atoms with van der Waals surface area (Å²) in [5, 5.41) is 0. The molecule has 1 aromatic carbocycles. The highest BCUT2D eigenvalue weighted by Crippen LogP contribution is 2.17. The topological polar surface area (TPSA) is 55.3 Å². The lowest BCUT2D eigenvalue weighted by atomic mass is 10.1. The van der Waals surface area contributed by atoms with Crippen molar-refractivity contribution in [1.29, 1.82) is 0 Å². The van der Waals surface area contributed by atoms with Crippen LogP contribution in [0.3, 0.4) is 0 Å². The summed E-state index contributed by atoms with van der Waals surface area (Å²) in [7, 11) is 0. The Morgan fingerprint density at radius 3 is 2.67 bits per heavy atom. The number of morpholine rings is 1. The van der Waals surface area contributed by atoms with Gasteiger partial charge in [0.15, 0.2) is 0 Å². The molecule has 0 spiro atoms. The number of benzene rings is 1. The minimum Gasteiger partial charge on any atom is -0.375 e. The highest BCUT2D eigenvalue weighted by molar-refractivity contribution is 5.97. The van der Waals surface area contributed by atoms with Crippen molar-refractivity contribution in [2.75, 3.05) is 19.7 Å². The van der Waals surface area contributed by atoms with Gasteiger partial charge in [-0.1, -0.05) is 0 Å². The van der Waals surface area contributed by atoms with Gasteiger partial charge < -0.3 is 9.64 Å². The van der Waals surface area contributed by atoms with Crippen LogP contribution in [0.5, 0.6) is 0 Å². The molecule has 0 N–H and O–H groups in total. The smallest absolute Gasteiger partial charge is 0.254 e. The normalized spacial score (nSPS) is 19.0. The first-order valence-electron chi connectivity index (χ1n) is 7.20. The van der Waals surface area contributed by atoms with Crippen molar-refractivity contribution in [2.24, 2.45) is 0 Å². The Morgan fingerprint density at radius 2 is 1.95 bits per heavy atom. The van der Waals surface area contributed by atoms with Gasteiger partial charge in [-0.15, -0.1) is 0 Å². The van der Waals surface area contributed by atoms with E-state index in [0.717, 1.165) is 22.4 Å². The van der Waals surface area contributed by atoms with Crippen molar-refractivity contribution < 1.29 is 9.53 Å². The minimum absolute atomic E-state index is 0.0343. The molecular formula is C16H19N3O2. The van der Waals surface area contributed by atoms with Crippen LogP contribution < -0.4 is 0 Å². The van der Waals surface area contributed by atoms with Gasteiger partial charge >= 0.3 is 0 Å². The van der Waals surface area contributed by atoms with Gasteiger partial charge in [-0.3, -0.25) is 4.79 Å². The second-order valence-corrected chi connectivity index (χ2v) is 5.53. The Kier molecular flexibility index (Phi) is 3.59. The minimum atomic E-state index is 0.0343. The van der Waals surface area contributed by atoms with Crippen molar-refractivity contribution in [2.45, 2.75) is 26.9 Å². The maximum Gasteiger partial charge on any atom is 0.254 e. The number of aryl methyl sites for hydroxylation is 2. The SMILES string of the molecule is Cc1nc2ccc(C(=O)N3CCO[C@H](C)C3)cc2nc1C. The zero-order valence-electron chi connectivity index (χ0n) is 12.6. The van der Waals surface area contributed by atoms with E-state index in [2.05, 4.69) is 9.97 Å². The summed E-state index contributed by atoms with van der Waals surface area (Å²) in [4.78, 5) is 23.4. The fraction of sp³-hybridized carbons (Fsp3) is 0.438. The summed E-state index contributed by atoms with van der Waals surface area (Å²) in [6.07, 6.45) is 0.0906. The van der Waals surface area contributed by atoms with Gasteiger partial charge in [0.25, 0.3) is 5.91 Å². The summed E-state index contributed by atoms with van der Waals surface area (Å²) in [5.41, 5.74) is 4.07. The first-order valence-corrected chi connectivity index (χ1v) is 7.20. The van der Waals surface area contributed by atoms with E-state index in [1.165, 1.54) is 0 Å². The molecule has 2 heterocycles. The van der Waals surface area contributed by atoms with Crippen LogP contribution in [0.4, 0.5) is 0 Å². The lowest BCUT2D eigenvalue weighted by Gasteiger charge is -2.31. The number of rotatable bonds is 1. The third kappa shape index (κ3) is 2.74. The molecule has 0 unspecified atom stereocenters. The van der Waals surface area contributed by atoms with Gasteiger partial charge in [-0.25, -0.2) is 9.97 Å². The van der Waals surface area contributed by atoms with E-state index in [1.807, 2.05) is 43.9 Å². The molecule has 1 atom stereocenters. The summed E-state index contributed by atoms with van der Waals surface area (Å²) in [6, 6.07) is 5.53. The summed E-state index contributed by atoms with van der Waals surface area (Å²) in [5.74, 6) is 0.0343. The summed E-state index contributed by atoms with van der Waals surface area (Å²) >= 11 is 0. The van der Waals surface area contributed by atoms with E-state index in [0.29, 0.717) is 25.3 Å². The number of hydrogen-bond acceptors (Lipinski definition) is 4. The molecule has 1 amide bonds. The first-order chi connectivity index (χ1) is 10.0. The zero-order valence-corrected chi connectivity index (χ0v) is 12.6. The first kappa shape index (κ1) is 13.9. The highest BCUT2D eigenvalue weighted by Gasteiger charge is 2.22. The molecule has 0 radical (unpaired) electrons. The quantitative estimate of drug-likeness (QED) is 0.805. The molecule has 0 saturated carbocycles. The van der Waals surface area contributed by atoms with E-state index in [4.69, 9.17) is 4.74 Å². The molecule has 3 rings (SSSR count). The van der Waals surface area contributed by atoms with Crippen molar-refractivity contribution in [3.8, 4) is 0 Å². The average molecular weight is 285 g/mol. The summed E-state index contributed by atoms with van der Waals surface area (Å²) < 4.78 is 5.48. The summed E-state index contributed by atoms with van der Waals surface area (Å²) in [6.45, 7) is 7.72. The predicted molar refractivity (Wildman–Crippen MR) is 80.3 cm³/mol. The van der Waals surface area contributed by atoms with E-state index in [-0.39, 0.29) is 12.0 Å². The molecule has 1 aliphatic rings. The highest BCUT2D eigenvalue weighted by atomic mass is 16.5. The number of carbonyl (C=O) groups excluding carboxylic acids is 1. The fourth-order valence-electron chi connectivity index (χ4n) is 2.55. The van der Waals surface area contributed by atoms with Crippen molar-refractivity contribution >= 4 is 16.9 Å². The lowest BCUT2D eigenvalue weighted by Crippen LogP contribution is -2.44. The number of carbonyl (C=O) groups is 1. The second kappa shape index (κ2) is 5.41. The maximum atomic E-state index is 12.6. The van der Waals surface area contributed by atoms with E-state index >= 15 is 0 Å². The number of aromatic nitrogens is 2. The Balaban J connectivity index is 1.93. The molecule has 0 bridgehead atoms. The van der Waals surface area contributed by atoms with Crippen molar-refractivity contribution in [3.63, 3.8) is 0 Å². The lowest BCUT2D eigenvalue weighted by molar-refractivity contribution is -0.0124. The Morgan fingerprint density at radius 1 is 1.24 bits per heavy atom. The van der Waals surface area contributed by atoms with E-state index in [1.54, 1.807) is 0 Å². The van der Waals surface area contributed by atoms with Crippen LogP contribution in [-0.4, -0.2) is 46.6 Å². The molecular weight excluding hydrogens is 266 g/mol. The van der Waals surface area contributed by atoms with Crippen LogP contribution in [0.25, 0.3) is 11.0 Å². The molecule has 1 aliphatic heterocycles. The van der Waals surface area contributed by atoms with Gasteiger partial charge in [0.05, 0.1) is 35.1 Å². The Bertz CT molecular complexity index is 699. The number of nitrogens with zero attached hydrogens (tertiary/aromatic N) is 3. The number of ether oxygens (including phenoxy) is 1. The molecule has 2 aromatic rings. The van der Waals surface area contributed by atoms with Crippen LogP contribution in [0.1, 0.15) is 28.7 Å². The molecule has 5 heteroatoms. The number of hydrogen-bond donors (Lipinski definition) is 0. The van der Waals surface area contributed by atoms with Crippen LogP contribution in [0.2, 0.25) is 0 Å². The fourth-order valence-corrected chi connectivity index (χ4v) is 2.55. The predicted octanol–water partition coefficient (Wildman–Crippen LogP) is 2.11. The Labute approximate surface area is 124 Å².